The zero-order chi connectivity index (χ0) is 19.3. The number of carbonyl (C=O) groups is 1. The Hall–Kier alpha value is -1.96. The molecule has 2 aliphatic rings. The van der Waals surface area contributed by atoms with Gasteiger partial charge in [-0.2, -0.15) is 0 Å². The number of nitrogens with zero attached hydrogens (tertiary/aromatic N) is 1. The van der Waals surface area contributed by atoms with Crippen molar-refractivity contribution in [3.8, 4) is 0 Å². The smallest absolute Gasteiger partial charge is 0.224 e. The van der Waals surface area contributed by atoms with Crippen molar-refractivity contribution in [1.29, 1.82) is 0 Å². The van der Waals surface area contributed by atoms with Crippen LogP contribution in [0.2, 0.25) is 0 Å². The van der Waals surface area contributed by atoms with Gasteiger partial charge in [0.25, 0.3) is 0 Å². The van der Waals surface area contributed by atoms with Crippen LogP contribution in [0, 0.1) is 11.7 Å². The monoisotopic (exact) mass is 381 g/mol. The van der Waals surface area contributed by atoms with Gasteiger partial charge in [0.05, 0.1) is 5.75 Å². The third kappa shape index (κ3) is 3.34. The number of carbonyl (C=O) groups excluding carboxylic acids is 1. The largest absolute Gasteiger partial charge is 0.386 e. The van der Waals surface area contributed by atoms with Crippen LogP contribution in [-0.2, 0) is 20.2 Å². The van der Waals surface area contributed by atoms with Crippen molar-refractivity contribution in [3.05, 3.63) is 29.6 Å². The number of nitrogens with two attached hydrogens (primary N) is 1. The summed E-state index contributed by atoms with van der Waals surface area (Å²) in [6, 6.07) is 4.12. The lowest BCUT2D eigenvalue weighted by Gasteiger charge is -2.38. The van der Waals surface area contributed by atoms with Crippen LogP contribution in [0.3, 0.4) is 0 Å². The molecular weight excluding hydrogens is 357 g/mol. The minimum atomic E-state index is -3.64. The Kier molecular flexibility index (Phi) is 4.37. The van der Waals surface area contributed by atoms with E-state index >= 15 is 0 Å². The van der Waals surface area contributed by atoms with Crippen LogP contribution in [0.5, 0.6) is 0 Å². The molecule has 1 aliphatic carbocycles. The number of anilines is 1. The number of halogens is 1. The summed E-state index contributed by atoms with van der Waals surface area (Å²) < 4.78 is 38.5. The summed E-state index contributed by atoms with van der Waals surface area (Å²) in [5, 5.41) is 2.75. The van der Waals surface area contributed by atoms with E-state index in [0.717, 1.165) is 12.8 Å². The Balaban J connectivity index is 1.96. The molecule has 1 atom stereocenters. The highest BCUT2D eigenvalue weighted by Crippen LogP contribution is 2.38. The number of amidine groups is 1. The maximum absolute atomic E-state index is 14.5. The minimum Gasteiger partial charge on any atom is -0.386 e. The third-order valence-electron chi connectivity index (χ3n) is 5.23. The van der Waals surface area contributed by atoms with E-state index in [9.17, 15) is 17.6 Å². The molecule has 1 aromatic carbocycles. The zero-order valence-corrected chi connectivity index (χ0v) is 16.0. The highest BCUT2D eigenvalue weighted by Gasteiger charge is 2.49. The number of sulfone groups is 1. The molecule has 1 saturated carbocycles. The fraction of sp³-hybridized carbons (Fsp3) is 0.556. The lowest BCUT2D eigenvalue weighted by Crippen LogP contribution is -2.55. The molecule has 0 saturated heterocycles. The summed E-state index contributed by atoms with van der Waals surface area (Å²) in [4.78, 5) is 16.3. The Bertz CT molecular complexity index is 891. The van der Waals surface area contributed by atoms with Crippen molar-refractivity contribution >= 4 is 27.3 Å². The highest BCUT2D eigenvalue weighted by molar-refractivity contribution is 7.93. The van der Waals surface area contributed by atoms with Crippen LogP contribution >= 0.6 is 0 Å². The lowest BCUT2D eigenvalue weighted by atomic mass is 9.92. The molecule has 1 unspecified atom stereocenters. The molecule has 3 rings (SSSR count). The normalized spacial score (nSPS) is 26.8. The summed E-state index contributed by atoms with van der Waals surface area (Å²) in [7, 11) is -3.64. The quantitative estimate of drug-likeness (QED) is 0.836. The molecule has 8 heteroatoms. The third-order valence-corrected chi connectivity index (χ3v) is 7.94. The molecular formula is C18H24FN3O3S. The van der Waals surface area contributed by atoms with Gasteiger partial charge in [-0.15, -0.1) is 0 Å². The molecule has 1 aromatic rings. The summed E-state index contributed by atoms with van der Waals surface area (Å²) in [6.45, 7) is 4.53. The first-order valence-electron chi connectivity index (χ1n) is 8.63. The van der Waals surface area contributed by atoms with E-state index in [0.29, 0.717) is 18.0 Å². The second kappa shape index (κ2) is 6.04. The van der Waals surface area contributed by atoms with Gasteiger partial charge in [-0.3, -0.25) is 9.79 Å². The van der Waals surface area contributed by atoms with Crippen LogP contribution in [-0.4, -0.2) is 30.7 Å². The second-order valence-electron chi connectivity index (χ2n) is 7.93. The van der Waals surface area contributed by atoms with E-state index in [1.165, 1.54) is 32.0 Å². The van der Waals surface area contributed by atoms with Gasteiger partial charge in [0.15, 0.2) is 9.84 Å². The number of amides is 1. The first-order chi connectivity index (χ1) is 11.9. The molecule has 1 fully saturated rings. The number of nitrogens with one attached hydrogen (secondary N) is 1. The van der Waals surface area contributed by atoms with Gasteiger partial charge in [0.2, 0.25) is 5.91 Å². The molecule has 26 heavy (non-hydrogen) atoms. The van der Waals surface area contributed by atoms with Gasteiger partial charge in [0, 0.05) is 17.7 Å². The Morgan fingerprint density at radius 3 is 2.58 bits per heavy atom. The highest BCUT2D eigenvalue weighted by atomic mass is 32.2. The topological polar surface area (TPSA) is 102 Å². The molecule has 1 heterocycles. The molecule has 0 radical (unpaired) electrons. The number of hydrogen-bond donors (Lipinski definition) is 2. The Morgan fingerprint density at radius 1 is 1.35 bits per heavy atom. The van der Waals surface area contributed by atoms with E-state index in [1.54, 1.807) is 6.92 Å². The van der Waals surface area contributed by atoms with E-state index in [1.807, 2.05) is 0 Å². The van der Waals surface area contributed by atoms with E-state index in [4.69, 9.17) is 5.73 Å². The average molecular weight is 381 g/mol. The average Bonchev–Trinajstić information content (AvgIpc) is 3.30. The first kappa shape index (κ1) is 18.8. The molecule has 0 spiro atoms. The molecule has 0 aromatic heterocycles. The van der Waals surface area contributed by atoms with Gasteiger partial charge < -0.3 is 11.1 Å². The number of aliphatic imine (C=N–C) groups is 1. The summed E-state index contributed by atoms with van der Waals surface area (Å²) >= 11 is 0. The summed E-state index contributed by atoms with van der Waals surface area (Å²) in [6.07, 6.45) is 2.56. The van der Waals surface area contributed by atoms with Gasteiger partial charge in [-0.05, 0) is 57.7 Å². The van der Waals surface area contributed by atoms with Crippen molar-refractivity contribution < 1.29 is 17.6 Å². The van der Waals surface area contributed by atoms with Crippen LogP contribution in [0.15, 0.2) is 23.2 Å². The van der Waals surface area contributed by atoms with Gasteiger partial charge >= 0.3 is 0 Å². The minimum absolute atomic E-state index is 0.0474. The summed E-state index contributed by atoms with van der Waals surface area (Å²) in [5.74, 6) is -0.685. The van der Waals surface area contributed by atoms with E-state index in [2.05, 4.69) is 10.3 Å². The maximum atomic E-state index is 14.5. The maximum Gasteiger partial charge on any atom is 0.224 e. The molecule has 0 bridgehead atoms. The fourth-order valence-electron chi connectivity index (χ4n) is 3.09. The molecule has 6 nitrogen and oxygen atoms in total. The van der Waals surface area contributed by atoms with Gasteiger partial charge in [-0.25, -0.2) is 12.8 Å². The number of benzene rings is 1. The molecule has 142 valence electrons. The zero-order valence-electron chi connectivity index (χ0n) is 15.2. The van der Waals surface area contributed by atoms with Crippen LogP contribution in [0.25, 0.3) is 0 Å². The predicted molar refractivity (Wildman–Crippen MR) is 99.2 cm³/mol. The predicted octanol–water partition coefficient (Wildman–Crippen LogP) is 2.34. The Labute approximate surface area is 153 Å². The van der Waals surface area contributed by atoms with Gasteiger partial charge in [0.1, 0.15) is 21.9 Å². The first-order valence-corrected chi connectivity index (χ1v) is 10.3. The number of rotatable bonds is 4. The standard InChI is InChI=1S/C18H24FN3O3S/c1-17(2)16(20)22-18(3,10-26(17,24)25)13-9-12(6-7-14(13)19)21-15(23)8-11-4-5-11/h6-7,9,11H,4-5,8,10H2,1-3H3,(H2,20,22)(H,21,23). The van der Waals surface area contributed by atoms with Crippen molar-refractivity contribution in [2.24, 2.45) is 16.6 Å². The van der Waals surface area contributed by atoms with Crippen molar-refractivity contribution in [3.63, 3.8) is 0 Å². The summed E-state index contributed by atoms with van der Waals surface area (Å²) in [5.41, 5.74) is 5.08. The van der Waals surface area contributed by atoms with Crippen molar-refractivity contribution in [1.82, 2.24) is 0 Å². The molecule has 1 amide bonds. The van der Waals surface area contributed by atoms with Crippen LogP contribution < -0.4 is 11.1 Å². The fourth-order valence-corrected chi connectivity index (χ4v) is 4.78. The molecule has 3 N–H and O–H groups in total. The Morgan fingerprint density at radius 2 is 2.00 bits per heavy atom. The van der Waals surface area contributed by atoms with Crippen molar-refractivity contribution in [2.45, 2.75) is 50.3 Å². The SMILES string of the molecule is CC1(c2cc(NC(=O)CC3CC3)ccc2F)CS(=O)(=O)C(C)(C)C(N)=N1. The second-order valence-corrected chi connectivity index (χ2v) is 10.5. The van der Waals surface area contributed by atoms with Crippen LogP contribution in [0.4, 0.5) is 10.1 Å². The van der Waals surface area contributed by atoms with E-state index < -0.39 is 25.9 Å². The molecule has 1 aliphatic heterocycles. The number of hydrogen-bond acceptors (Lipinski definition) is 5. The lowest BCUT2D eigenvalue weighted by molar-refractivity contribution is -0.116. The van der Waals surface area contributed by atoms with Gasteiger partial charge in [-0.1, -0.05) is 0 Å². The van der Waals surface area contributed by atoms with Crippen LogP contribution in [0.1, 0.15) is 45.6 Å². The van der Waals surface area contributed by atoms with Crippen molar-refractivity contribution in [2.75, 3.05) is 11.1 Å². The van der Waals surface area contributed by atoms with E-state index in [-0.39, 0.29) is 23.1 Å².